The fourth-order valence-corrected chi connectivity index (χ4v) is 3.29. The first-order valence-electron chi connectivity index (χ1n) is 9.44. The Morgan fingerprint density at radius 3 is 2.62 bits per heavy atom. The summed E-state index contributed by atoms with van der Waals surface area (Å²) in [7, 11) is 0. The van der Waals surface area contributed by atoms with Crippen LogP contribution in [0.1, 0.15) is 24.0 Å². The third-order valence-corrected chi connectivity index (χ3v) is 4.67. The van der Waals surface area contributed by atoms with E-state index in [0.717, 1.165) is 38.3 Å². The predicted octanol–water partition coefficient (Wildman–Crippen LogP) is 3.42. The van der Waals surface area contributed by atoms with Crippen molar-refractivity contribution in [2.75, 3.05) is 26.3 Å². The standard InChI is InChI=1S/C22H29NO3/c1-18-9-11-19(12-10-18)14-23(16-22-8-5-13-25-22)15-20(24)17-26-21-6-3-2-4-7-21/h2-4,6-7,9-12,20,22,24H,5,8,13-17H2,1H3/t20-,22-/m1/s1. The second-order valence-corrected chi connectivity index (χ2v) is 7.09. The molecule has 0 saturated carbocycles. The molecule has 1 heterocycles. The van der Waals surface area contributed by atoms with Gasteiger partial charge in [0.15, 0.2) is 0 Å². The number of nitrogens with zero attached hydrogens (tertiary/aromatic N) is 1. The molecule has 140 valence electrons. The van der Waals surface area contributed by atoms with Crippen molar-refractivity contribution in [2.24, 2.45) is 0 Å². The summed E-state index contributed by atoms with van der Waals surface area (Å²) in [6.07, 6.45) is 1.95. The molecule has 3 rings (SSSR count). The molecule has 0 spiro atoms. The zero-order valence-corrected chi connectivity index (χ0v) is 15.5. The molecule has 26 heavy (non-hydrogen) atoms. The number of hydrogen-bond donors (Lipinski definition) is 1. The van der Waals surface area contributed by atoms with Crippen molar-refractivity contribution in [3.63, 3.8) is 0 Å². The summed E-state index contributed by atoms with van der Waals surface area (Å²) in [4.78, 5) is 2.28. The number of aliphatic hydroxyl groups is 1. The van der Waals surface area contributed by atoms with E-state index < -0.39 is 6.10 Å². The van der Waals surface area contributed by atoms with Crippen LogP contribution in [0.2, 0.25) is 0 Å². The largest absolute Gasteiger partial charge is 0.491 e. The summed E-state index contributed by atoms with van der Waals surface area (Å²) in [5, 5.41) is 10.5. The lowest BCUT2D eigenvalue weighted by Gasteiger charge is -2.27. The smallest absolute Gasteiger partial charge is 0.119 e. The van der Waals surface area contributed by atoms with Crippen molar-refractivity contribution < 1.29 is 14.6 Å². The first-order valence-corrected chi connectivity index (χ1v) is 9.44. The molecule has 0 amide bonds. The molecule has 1 N–H and O–H groups in total. The van der Waals surface area contributed by atoms with Gasteiger partial charge in [-0.25, -0.2) is 0 Å². The molecule has 2 aromatic rings. The highest BCUT2D eigenvalue weighted by molar-refractivity contribution is 5.22. The second kappa shape index (κ2) is 9.72. The van der Waals surface area contributed by atoms with Crippen LogP contribution >= 0.6 is 0 Å². The molecule has 0 aromatic heterocycles. The molecule has 1 fully saturated rings. The highest BCUT2D eigenvalue weighted by Gasteiger charge is 2.21. The molecular formula is C22H29NO3. The highest BCUT2D eigenvalue weighted by Crippen LogP contribution is 2.16. The first-order chi connectivity index (χ1) is 12.7. The van der Waals surface area contributed by atoms with E-state index in [2.05, 4.69) is 36.1 Å². The van der Waals surface area contributed by atoms with Gasteiger partial charge in [0.05, 0.1) is 6.10 Å². The van der Waals surface area contributed by atoms with E-state index in [1.807, 2.05) is 30.3 Å². The van der Waals surface area contributed by atoms with Crippen molar-refractivity contribution in [3.05, 3.63) is 65.7 Å². The topological polar surface area (TPSA) is 41.9 Å². The van der Waals surface area contributed by atoms with Crippen molar-refractivity contribution in [3.8, 4) is 5.75 Å². The zero-order chi connectivity index (χ0) is 18.2. The average Bonchev–Trinajstić information content (AvgIpc) is 3.16. The van der Waals surface area contributed by atoms with Gasteiger partial charge in [-0.15, -0.1) is 0 Å². The minimum Gasteiger partial charge on any atom is -0.491 e. The van der Waals surface area contributed by atoms with Gasteiger partial charge in [-0.2, -0.15) is 0 Å². The van der Waals surface area contributed by atoms with Crippen molar-refractivity contribution in [1.82, 2.24) is 4.90 Å². The summed E-state index contributed by atoms with van der Waals surface area (Å²) < 4.78 is 11.5. The molecule has 0 unspecified atom stereocenters. The van der Waals surface area contributed by atoms with Crippen LogP contribution in [-0.2, 0) is 11.3 Å². The van der Waals surface area contributed by atoms with Crippen LogP contribution in [-0.4, -0.2) is 48.5 Å². The third-order valence-electron chi connectivity index (χ3n) is 4.67. The van der Waals surface area contributed by atoms with Gasteiger partial charge in [0.2, 0.25) is 0 Å². The van der Waals surface area contributed by atoms with Crippen LogP contribution in [0.4, 0.5) is 0 Å². The first kappa shape index (κ1) is 18.9. The van der Waals surface area contributed by atoms with Crippen molar-refractivity contribution in [1.29, 1.82) is 0 Å². The molecule has 1 aliphatic heterocycles. The molecule has 4 nitrogen and oxygen atoms in total. The number of para-hydroxylation sites is 1. The van der Waals surface area contributed by atoms with Crippen LogP contribution < -0.4 is 4.74 Å². The lowest BCUT2D eigenvalue weighted by molar-refractivity contribution is 0.0313. The summed E-state index contributed by atoms with van der Waals surface area (Å²) >= 11 is 0. The quantitative estimate of drug-likeness (QED) is 0.748. The Hall–Kier alpha value is -1.88. The Morgan fingerprint density at radius 2 is 1.92 bits per heavy atom. The summed E-state index contributed by atoms with van der Waals surface area (Å²) in [5.74, 6) is 0.788. The Balaban J connectivity index is 1.55. The summed E-state index contributed by atoms with van der Waals surface area (Å²) in [5.41, 5.74) is 2.51. The molecule has 2 aromatic carbocycles. The van der Waals surface area contributed by atoms with E-state index in [9.17, 15) is 5.11 Å². The second-order valence-electron chi connectivity index (χ2n) is 7.09. The monoisotopic (exact) mass is 355 g/mol. The molecule has 0 bridgehead atoms. The van der Waals surface area contributed by atoms with Crippen LogP contribution in [0, 0.1) is 6.92 Å². The lowest BCUT2D eigenvalue weighted by Crippen LogP contribution is -2.39. The SMILES string of the molecule is Cc1ccc(CN(C[C@@H](O)COc2ccccc2)C[C@H]2CCCO2)cc1. The Kier molecular flexibility index (Phi) is 7.06. The van der Waals surface area contributed by atoms with Gasteiger partial charge in [-0.05, 0) is 37.5 Å². The van der Waals surface area contributed by atoms with E-state index in [0.29, 0.717) is 13.2 Å². The normalized spacial score (nSPS) is 18.2. The van der Waals surface area contributed by atoms with Gasteiger partial charge in [-0.1, -0.05) is 48.0 Å². The fraction of sp³-hybridized carbons (Fsp3) is 0.455. The van der Waals surface area contributed by atoms with E-state index in [1.54, 1.807) is 0 Å². The van der Waals surface area contributed by atoms with Crippen LogP contribution in [0.5, 0.6) is 5.75 Å². The van der Waals surface area contributed by atoms with Gasteiger partial charge < -0.3 is 14.6 Å². The maximum absolute atomic E-state index is 10.5. The van der Waals surface area contributed by atoms with Gasteiger partial charge >= 0.3 is 0 Å². The molecule has 4 heteroatoms. The van der Waals surface area contributed by atoms with Gasteiger partial charge in [-0.3, -0.25) is 4.90 Å². The van der Waals surface area contributed by atoms with Gasteiger partial charge in [0.25, 0.3) is 0 Å². The molecule has 1 aliphatic rings. The van der Waals surface area contributed by atoms with E-state index in [-0.39, 0.29) is 6.10 Å². The molecule has 0 radical (unpaired) electrons. The van der Waals surface area contributed by atoms with Crippen molar-refractivity contribution in [2.45, 2.75) is 38.5 Å². The molecule has 1 saturated heterocycles. The molecular weight excluding hydrogens is 326 g/mol. The number of rotatable bonds is 9. The Labute approximate surface area is 156 Å². The number of aryl methyl sites for hydroxylation is 1. The number of hydrogen-bond acceptors (Lipinski definition) is 4. The minimum absolute atomic E-state index is 0.266. The predicted molar refractivity (Wildman–Crippen MR) is 103 cm³/mol. The zero-order valence-electron chi connectivity index (χ0n) is 15.5. The van der Waals surface area contributed by atoms with Crippen molar-refractivity contribution >= 4 is 0 Å². The van der Waals surface area contributed by atoms with Gasteiger partial charge in [0.1, 0.15) is 18.5 Å². The maximum atomic E-state index is 10.5. The number of ether oxygens (including phenoxy) is 2. The summed E-state index contributed by atoms with van der Waals surface area (Å²) in [6, 6.07) is 18.2. The lowest BCUT2D eigenvalue weighted by atomic mass is 10.1. The average molecular weight is 355 g/mol. The Morgan fingerprint density at radius 1 is 1.15 bits per heavy atom. The van der Waals surface area contributed by atoms with E-state index in [4.69, 9.17) is 9.47 Å². The number of aliphatic hydroxyl groups excluding tert-OH is 1. The maximum Gasteiger partial charge on any atom is 0.119 e. The van der Waals surface area contributed by atoms with Crippen LogP contribution in [0.15, 0.2) is 54.6 Å². The highest BCUT2D eigenvalue weighted by atomic mass is 16.5. The molecule has 2 atom stereocenters. The van der Waals surface area contributed by atoms with E-state index in [1.165, 1.54) is 11.1 Å². The van der Waals surface area contributed by atoms with Gasteiger partial charge in [0, 0.05) is 26.2 Å². The van der Waals surface area contributed by atoms with Crippen LogP contribution in [0.3, 0.4) is 0 Å². The fourth-order valence-electron chi connectivity index (χ4n) is 3.29. The third kappa shape index (κ3) is 6.13. The minimum atomic E-state index is -0.540. The molecule has 0 aliphatic carbocycles. The van der Waals surface area contributed by atoms with E-state index >= 15 is 0 Å². The number of benzene rings is 2. The Bertz CT molecular complexity index is 638. The van der Waals surface area contributed by atoms with Crippen LogP contribution in [0.25, 0.3) is 0 Å². The summed E-state index contributed by atoms with van der Waals surface area (Å²) in [6.45, 7) is 5.46.